The van der Waals surface area contributed by atoms with Crippen LogP contribution in [0.2, 0.25) is 5.02 Å². The predicted octanol–water partition coefficient (Wildman–Crippen LogP) is 4.81. The largest absolute Gasteiger partial charge is 0.379 e. The molecule has 6 nitrogen and oxygen atoms in total. The van der Waals surface area contributed by atoms with Crippen LogP contribution in [0.1, 0.15) is 18.4 Å². The van der Waals surface area contributed by atoms with Gasteiger partial charge in [-0.25, -0.2) is 17.8 Å². The van der Waals surface area contributed by atoms with Crippen LogP contribution in [0.15, 0.2) is 58.3 Å². The Labute approximate surface area is 195 Å². The number of halogens is 2. The second-order valence-corrected chi connectivity index (χ2v) is 11.2. The van der Waals surface area contributed by atoms with E-state index in [4.69, 9.17) is 11.6 Å². The van der Waals surface area contributed by atoms with Crippen molar-refractivity contribution in [3.63, 3.8) is 0 Å². The normalized spacial score (nSPS) is 19.9. The van der Waals surface area contributed by atoms with Gasteiger partial charge in [0.2, 0.25) is 0 Å². The highest BCUT2D eigenvalue weighted by atomic mass is 35.5. The molecule has 10 heteroatoms. The molecule has 1 unspecified atom stereocenters. The van der Waals surface area contributed by atoms with E-state index in [-0.39, 0.29) is 22.3 Å². The molecular weight excluding hydrogens is 471 g/mol. The summed E-state index contributed by atoms with van der Waals surface area (Å²) < 4.78 is 42.3. The van der Waals surface area contributed by atoms with Crippen molar-refractivity contribution in [2.24, 2.45) is 5.41 Å². The highest BCUT2D eigenvalue weighted by Gasteiger charge is 2.55. The maximum absolute atomic E-state index is 14.9. The fraction of sp³-hybridized carbons (Fsp3) is 0.318. The van der Waals surface area contributed by atoms with Crippen LogP contribution in [0.3, 0.4) is 0 Å². The number of aromatic nitrogens is 1. The molecule has 32 heavy (non-hydrogen) atoms. The second-order valence-electron chi connectivity index (χ2n) is 8.46. The smallest absolute Gasteiger partial charge is 0.266 e. The topological polar surface area (TPSA) is 74.3 Å². The predicted molar refractivity (Wildman–Crippen MR) is 125 cm³/mol. The summed E-state index contributed by atoms with van der Waals surface area (Å²) in [7, 11) is -4.14. The zero-order chi connectivity index (χ0) is 22.3. The minimum Gasteiger partial charge on any atom is -0.379 e. The second kappa shape index (κ2) is 8.30. The van der Waals surface area contributed by atoms with Crippen molar-refractivity contribution in [1.82, 2.24) is 9.88 Å². The van der Waals surface area contributed by atoms with Crippen molar-refractivity contribution >= 4 is 44.5 Å². The molecule has 0 bridgehead atoms. The third-order valence-corrected chi connectivity index (χ3v) is 8.44. The Hall–Kier alpha value is -2.20. The molecule has 168 valence electrons. The number of anilines is 2. The quantitative estimate of drug-likeness (QED) is 0.495. The highest BCUT2D eigenvalue weighted by molar-refractivity contribution is 7.92. The van der Waals surface area contributed by atoms with Crippen molar-refractivity contribution in [3.05, 3.63) is 69.8 Å². The van der Waals surface area contributed by atoms with E-state index in [0.717, 1.165) is 38.5 Å². The Morgan fingerprint density at radius 3 is 2.72 bits per heavy atom. The molecule has 1 aliphatic carbocycles. The molecule has 2 aromatic carbocycles. The first-order valence-electron chi connectivity index (χ1n) is 10.3. The number of benzene rings is 2. The van der Waals surface area contributed by atoms with Crippen molar-refractivity contribution in [2.75, 3.05) is 23.1 Å². The number of sulfonamides is 1. The van der Waals surface area contributed by atoms with E-state index in [1.165, 1.54) is 33.9 Å². The van der Waals surface area contributed by atoms with E-state index in [1.54, 1.807) is 0 Å². The lowest BCUT2D eigenvalue weighted by atomic mass is 10.0. The summed E-state index contributed by atoms with van der Waals surface area (Å²) in [5, 5.41) is 5.10. The summed E-state index contributed by atoms with van der Waals surface area (Å²) in [6.07, 6.45) is 2.22. The first-order chi connectivity index (χ1) is 15.3. The van der Waals surface area contributed by atoms with Gasteiger partial charge in [-0.1, -0.05) is 41.9 Å². The Kier molecular flexibility index (Phi) is 5.61. The summed E-state index contributed by atoms with van der Waals surface area (Å²) in [6, 6.07) is 12.8. The molecule has 1 saturated heterocycles. The summed E-state index contributed by atoms with van der Waals surface area (Å²) >= 11 is 7.64. The van der Waals surface area contributed by atoms with Crippen LogP contribution in [-0.2, 0) is 16.6 Å². The first-order valence-corrected chi connectivity index (χ1v) is 13.1. The molecule has 1 aliphatic heterocycles. The van der Waals surface area contributed by atoms with E-state index < -0.39 is 20.7 Å². The molecule has 2 heterocycles. The van der Waals surface area contributed by atoms with Gasteiger partial charge in [0, 0.05) is 36.5 Å². The van der Waals surface area contributed by atoms with Gasteiger partial charge >= 0.3 is 0 Å². The average Bonchev–Trinajstić information content (AvgIpc) is 3.20. The molecule has 2 aliphatic rings. The fourth-order valence-electron chi connectivity index (χ4n) is 4.39. The zero-order valence-electron chi connectivity index (χ0n) is 17.1. The van der Waals surface area contributed by atoms with Gasteiger partial charge in [-0.3, -0.25) is 9.62 Å². The lowest BCUT2D eigenvalue weighted by Gasteiger charge is -2.21. The third-order valence-electron chi connectivity index (χ3n) is 6.17. The number of hydrogen-bond acceptors (Lipinski definition) is 6. The molecular formula is C22H22ClFN4O2S2. The monoisotopic (exact) mass is 492 g/mol. The molecule has 0 radical (unpaired) electrons. The zero-order valence-corrected chi connectivity index (χ0v) is 19.5. The number of nitrogens with one attached hydrogen (secondary N) is 2. The van der Waals surface area contributed by atoms with Crippen molar-refractivity contribution < 1.29 is 12.8 Å². The van der Waals surface area contributed by atoms with Gasteiger partial charge in [0.15, 0.2) is 5.82 Å². The van der Waals surface area contributed by atoms with Crippen molar-refractivity contribution in [2.45, 2.75) is 30.3 Å². The molecule has 1 saturated carbocycles. The molecule has 2 fully saturated rings. The fourth-order valence-corrected chi connectivity index (χ4v) is 6.32. The van der Waals surface area contributed by atoms with Gasteiger partial charge in [-0.05, 0) is 30.5 Å². The SMILES string of the molecule is O=S(=O)(Nc1cscn1)c1cc(Cl)c(NC2CN(Cc3ccccc3)CC23CC3)cc1F. The lowest BCUT2D eigenvalue weighted by Crippen LogP contribution is -2.30. The van der Waals surface area contributed by atoms with Crippen LogP contribution in [0.4, 0.5) is 15.9 Å². The van der Waals surface area contributed by atoms with E-state index in [0.29, 0.717) is 5.69 Å². The van der Waals surface area contributed by atoms with Crippen LogP contribution < -0.4 is 10.0 Å². The molecule has 1 atom stereocenters. The maximum atomic E-state index is 14.9. The molecule has 5 rings (SSSR count). The van der Waals surface area contributed by atoms with Crippen LogP contribution >= 0.6 is 22.9 Å². The average molecular weight is 493 g/mol. The van der Waals surface area contributed by atoms with Gasteiger partial charge in [-0.15, -0.1) is 11.3 Å². The number of rotatable bonds is 7. The van der Waals surface area contributed by atoms with Gasteiger partial charge in [0.05, 0.1) is 16.2 Å². The Bertz CT molecular complexity index is 1220. The minimum atomic E-state index is -4.14. The summed E-state index contributed by atoms with van der Waals surface area (Å²) in [5.41, 5.74) is 3.32. The van der Waals surface area contributed by atoms with E-state index >= 15 is 0 Å². The molecule has 1 aromatic heterocycles. The van der Waals surface area contributed by atoms with Crippen LogP contribution in [0.25, 0.3) is 0 Å². The van der Waals surface area contributed by atoms with Gasteiger partial charge < -0.3 is 5.32 Å². The molecule has 2 N–H and O–H groups in total. The van der Waals surface area contributed by atoms with Crippen LogP contribution in [0, 0.1) is 11.2 Å². The van der Waals surface area contributed by atoms with Crippen LogP contribution in [0.5, 0.6) is 0 Å². The van der Waals surface area contributed by atoms with E-state index in [2.05, 4.69) is 32.1 Å². The maximum Gasteiger partial charge on any atom is 0.266 e. The number of hydrogen-bond donors (Lipinski definition) is 2. The van der Waals surface area contributed by atoms with Crippen LogP contribution in [-0.4, -0.2) is 37.4 Å². The summed E-state index contributed by atoms with van der Waals surface area (Å²) in [4.78, 5) is 5.78. The minimum absolute atomic E-state index is 0.124. The number of nitrogens with zero attached hydrogens (tertiary/aromatic N) is 2. The molecule has 3 aromatic rings. The standard InChI is InChI=1S/C22H22ClFN4O2S2/c23-16-8-19(32(29,30)27-21-12-31-14-25-21)17(24)9-18(16)26-20-11-28(13-22(20)6-7-22)10-15-4-2-1-3-5-15/h1-5,8-9,12,14,20,26-27H,6-7,10-11,13H2. The highest BCUT2D eigenvalue weighted by Crippen LogP contribution is 2.54. The third kappa shape index (κ3) is 4.34. The lowest BCUT2D eigenvalue weighted by molar-refractivity contribution is 0.312. The molecule has 0 amide bonds. The van der Waals surface area contributed by atoms with Gasteiger partial charge in [-0.2, -0.15) is 0 Å². The first kappa shape index (κ1) is 21.6. The van der Waals surface area contributed by atoms with Crippen molar-refractivity contribution in [3.8, 4) is 0 Å². The Morgan fingerprint density at radius 1 is 1.25 bits per heavy atom. The number of thiazole rings is 1. The summed E-state index contributed by atoms with van der Waals surface area (Å²) in [5.74, 6) is -0.712. The Balaban J connectivity index is 1.33. The van der Waals surface area contributed by atoms with E-state index in [1.807, 2.05) is 18.2 Å². The number of likely N-dealkylation sites (tertiary alicyclic amines) is 1. The summed E-state index contributed by atoms with van der Waals surface area (Å²) in [6.45, 7) is 2.66. The van der Waals surface area contributed by atoms with Crippen molar-refractivity contribution in [1.29, 1.82) is 0 Å². The Morgan fingerprint density at radius 2 is 2.03 bits per heavy atom. The van der Waals surface area contributed by atoms with E-state index in [9.17, 15) is 12.8 Å². The molecule has 1 spiro atoms. The van der Waals surface area contributed by atoms with Gasteiger partial charge in [0.25, 0.3) is 10.0 Å². The van der Waals surface area contributed by atoms with Gasteiger partial charge in [0.1, 0.15) is 10.7 Å².